The Balaban J connectivity index is 2.22. The Labute approximate surface area is 145 Å². The topological polar surface area (TPSA) is 127 Å². The Kier molecular flexibility index (Phi) is 6.39. The standard InChI is InChI=1S/C14H23N2O8P/c1-8(2)23-12-10(7-22-25(18,19)20)24-14(13(12)21-4)16-6-5-11(17)15-9(16)3/h5-6,8,10,12-14H,3,7H2,1-2,4H3,(H,15,17)(H2,18,19,20)/t10-,12?,13+,14-/m1/s1. The molecule has 1 saturated heterocycles. The monoisotopic (exact) mass is 378 g/mol. The second kappa shape index (κ2) is 7.96. The molecule has 2 aliphatic rings. The van der Waals surface area contributed by atoms with Crippen LogP contribution in [0.4, 0.5) is 0 Å². The fraction of sp³-hybridized carbons (Fsp3) is 0.643. The lowest BCUT2D eigenvalue weighted by atomic mass is 10.1. The molecule has 1 fully saturated rings. The molecule has 0 saturated carbocycles. The van der Waals surface area contributed by atoms with E-state index in [1.54, 1.807) is 4.90 Å². The quantitative estimate of drug-likeness (QED) is 0.527. The number of hydrogen-bond acceptors (Lipinski definition) is 7. The normalized spacial score (nSPS) is 30.2. The van der Waals surface area contributed by atoms with Crippen LogP contribution in [0.2, 0.25) is 0 Å². The van der Waals surface area contributed by atoms with Crippen molar-refractivity contribution in [3.05, 3.63) is 24.7 Å². The van der Waals surface area contributed by atoms with Crippen molar-refractivity contribution in [1.82, 2.24) is 10.2 Å². The predicted octanol–water partition coefficient (Wildman–Crippen LogP) is 0.0459. The summed E-state index contributed by atoms with van der Waals surface area (Å²) in [6.07, 6.45) is -0.127. The van der Waals surface area contributed by atoms with Gasteiger partial charge in [0, 0.05) is 19.4 Å². The van der Waals surface area contributed by atoms with Crippen LogP contribution < -0.4 is 5.32 Å². The zero-order valence-electron chi connectivity index (χ0n) is 14.2. The van der Waals surface area contributed by atoms with E-state index in [1.165, 1.54) is 19.4 Å². The van der Waals surface area contributed by atoms with Crippen molar-refractivity contribution in [1.29, 1.82) is 0 Å². The molecule has 1 unspecified atom stereocenters. The third-order valence-corrected chi connectivity index (χ3v) is 4.12. The van der Waals surface area contributed by atoms with Crippen LogP contribution in [0.1, 0.15) is 13.8 Å². The van der Waals surface area contributed by atoms with Crippen molar-refractivity contribution in [2.45, 2.75) is 44.5 Å². The first kappa shape index (κ1) is 20.1. The summed E-state index contributed by atoms with van der Waals surface area (Å²) < 4.78 is 32.8. The second-order valence-corrected chi connectivity index (χ2v) is 7.10. The van der Waals surface area contributed by atoms with Crippen LogP contribution in [0, 0.1) is 0 Å². The molecule has 2 rings (SSSR count). The van der Waals surface area contributed by atoms with E-state index in [9.17, 15) is 9.36 Å². The maximum absolute atomic E-state index is 11.4. The highest BCUT2D eigenvalue weighted by Crippen LogP contribution is 2.38. The summed E-state index contributed by atoms with van der Waals surface area (Å²) in [6.45, 7) is 7.03. The van der Waals surface area contributed by atoms with Crippen molar-refractivity contribution >= 4 is 13.7 Å². The first-order valence-electron chi connectivity index (χ1n) is 7.62. The second-order valence-electron chi connectivity index (χ2n) is 5.86. The number of ether oxygens (including phenoxy) is 3. The van der Waals surface area contributed by atoms with Crippen molar-refractivity contribution in [3.8, 4) is 0 Å². The number of carbonyl (C=O) groups excluding carboxylic acids is 1. The zero-order valence-corrected chi connectivity index (χ0v) is 15.1. The molecule has 0 bridgehead atoms. The van der Waals surface area contributed by atoms with Crippen LogP contribution in [0.3, 0.4) is 0 Å². The van der Waals surface area contributed by atoms with E-state index in [0.29, 0.717) is 5.82 Å². The fourth-order valence-corrected chi connectivity index (χ4v) is 3.03. The van der Waals surface area contributed by atoms with Gasteiger partial charge in [0.2, 0.25) is 0 Å². The van der Waals surface area contributed by atoms with E-state index in [4.69, 9.17) is 24.0 Å². The van der Waals surface area contributed by atoms with Crippen LogP contribution in [0.25, 0.3) is 0 Å². The number of methoxy groups -OCH3 is 1. The maximum atomic E-state index is 11.4. The van der Waals surface area contributed by atoms with Crippen LogP contribution in [0.15, 0.2) is 24.7 Å². The smallest absolute Gasteiger partial charge is 0.374 e. The number of phosphoric acid groups is 1. The maximum Gasteiger partial charge on any atom is 0.469 e. The van der Waals surface area contributed by atoms with Gasteiger partial charge in [0.1, 0.15) is 24.1 Å². The number of amides is 1. The molecule has 3 N–H and O–H groups in total. The minimum atomic E-state index is -4.66. The van der Waals surface area contributed by atoms with E-state index in [-0.39, 0.29) is 18.6 Å². The molecule has 0 aromatic heterocycles. The summed E-state index contributed by atoms with van der Waals surface area (Å²) in [5.41, 5.74) is 0. The van der Waals surface area contributed by atoms with Crippen molar-refractivity contribution in [3.63, 3.8) is 0 Å². The Hall–Kier alpha value is -1.26. The molecule has 0 aliphatic carbocycles. The highest BCUT2D eigenvalue weighted by molar-refractivity contribution is 7.46. The van der Waals surface area contributed by atoms with Gasteiger partial charge in [-0.15, -0.1) is 0 Å². The summed E-state index contributed by atoms with van der Waals surface area (Å²) in [6, 6.07) is 0. The average molecular weight is 378 g/mol. The Morgan fingerprint density at radius 3 is 2.64 bits per heavy atom. The van der Waals surface area contributed by atoms with Gasteiger partial charge in [-0.1, -0.05) is 6.58 Å². The van der Waals surface area contributed by atoms with Gasteiger partial charge in [-0.2, -0.15) is 0 Å². The van der Waals surface area contributed by atoms with E-state index < -0.39 is 32.4 Å². The molecule has 0 spiro atoms. The molecule has 2 aliphatic heterocycles. The Bertz CT molecular complexity index is 589. The largest absolute Gasteiger partial charge is 0.469 e. The Morgan fingerprint density at radius 2 is 2.12 bits per heavy atom. The minimum Gasteiger partial charge on any atom is -0.374 e. The Morgan fingerprint density at radius 1 is 1.44 bits per heavy atom. The van der Waals surface area contributed by atoms with Crippen molar-refractivity contribution in [2.75, 3.05) is 13.7 Å². The van der Waals surface area contributed by atoms with E-state index in [1.807, 2.05) is 13.8 Å². The SMILES string of the molecule is C=C1NC(=O)C=CN1[C@@H]1O[C@H](COP(=O)(O)O)C(OC(C)C)[C@@H]1OC. The van der Waals surface area contributed by atoms with Crippen LogP contribution >= 0.6 is 7.82 Å². The van der Waals surface area contributed by atoms with E-state index in [2.05, 4.69) is 16.4 Å². The van der Waals surface area contributed by atoms with Gasteiger partial charge in [0.25, 0.3) is 5.91 Å². The van der Waals surface area contributed by atoms with E-state index >= 15 is 0 Å². The van der Waals surface area contributed by atoms with Crippen LogP contribution in [-0.2, 0) is 28.1 Å². The van der Waals surface area contributed by atoms with Crippen LogP contribution in [-0.4, -0.2) is 65.0 Å². The number of hydrogen-bond donors (Lipinski definition) is 3. The van der Waals surface area contributed by atoms with Crippen LogP contribution in [0.5, 0.6) is 0 Å². The highest BCUT2D eigenvalue weighted by Gasteiger charge is 2.49. The molecular formula is C14H23N2O8P. The lowest BCUT2D eigenvalue weighted by Crippen LogP contribution is -2.48. The fourth-order valence-electron chi connectivity index (χ4n) is 2.69. The van der Waals surface area contributed by atoms with Crippen molar-refractivity contribution < 1.29 is 37.9 Å². The molecule has 142 valence electrons. The lowest BCUT2D eigenvalue weighted by Gasteiger charge is -2.34. The van der Waals surface area contributed by atoms with E-state index in [0.717, 1.165) is 0 Å². The number of nitrogens with zero attached hydrogens (tertiary/aromatic N) is 1. The lowest BCUT2D eigenvalue weighted by molar-refractivity contribution is -0.118. The molecule has 0 radical (unpaired) electrons. The van der Waals surface area contributed by atoms with Gasteiger partial charge in [0.05, 0.1) is 12.7 Å². The highest BCUT2D eigenvalue weighted by atomic mass is 31.2. The van der Waals surface area contributed by atoms with Gasteiger partial charge < -0.3 is 34.2 Å². The molecule has 25 heavy (non-hydrogen) atoms. The summed E-state index contributed by atoms with van der Waals surface area (Å²) in [5, 5.41) is 2.55. The number of phosphoric ester groups is 1. The summed E-state index contributed by atoms with van der Waals surface area (Å²) in [4.78, 5) is 30.8. The minimum absolute atomic E-state index is 0.178. The summed E-state index contributed by atoms with van der Waals surface area (Å²) in [5.74, 6) is -0.0241. The van der Waals surface area contributed by atoms with Gasteiger partial charge in [-0.25, -0.2) is 4.57 Å². The first-order chi connectivity index (χ1) is 11.6. The molecule has 4 atom stereocenters. The third kappa shape index (κ3) is 5.11. The van der Waals surface area contributed by atoms with Gasteiger partial charge in [-0.3, -0.25) is 9.32 Å². The predicted molar refractivity (Wildman–Crippen MR) is 85.7 cm³/mol. The molecule has 0 aromatic rings. The molecule has 0 aromatic carbocycles. The first-order valence-corrected chi connectivity index (χ1v) is 9.15. The molecule has 11 heteroatoms. The molecule has 2 heterocycles. The van der Waals surface area contributed by atoms with Gasteiger partial charge in [0.15, 0.2) is 6.23 Å². The molecule has 10 nitrogen and oxygen atoms in total. The number of nitrogens with one attached hydrogen (secondary N) is 1. The summed E-state index contributed by atoms with van der Waals surface area (Å²) >= 11 is 0. The van der Waals surface area contributed by atoms with Gasteiger partial charge >= 0.3 is 7.82 Å². The molecular weight excluding hydrogens is 355 g/mol. The number of rotatable bonds is 7. The molecule has 1 amide bonds. The van der Waals surface area contributed by atoms with Crippen molar-refractivity contribution in [2.24, 2.45) is 0 Å². The summed E-state index contributed by atoms with van der Waals surface area (Å²) in [7, 11) is -3.19. The number of carbonyl (C=O) groups is 1. The van der Waals surface area contributed by atoms with Gasteiger partial charge in [-0.05, 0) is 13.8 Å². The average Bonchev–Trinajstić information content (AvgIpc) is 2.81. The zero-order chi connectivity index (χ0) is 18.8. The third-order valence-electron chi connectivity index (χ3n) is 3.63.